The fourth-order valence-corrected chi connectivity index (χ4v) is 1.20. The quantitative estimate of drug-likeness (QED) is 0.471. The maximum absolute atomic E-state index is 8.81. The Labute approximate surface area is 84.9 Å². The smallest absolute Gasteiger partial charge is 0.115 e. The van der Waals surface area contributed by atoms with Gasteiger partial charge in [-0.2, -0.15) is 0 Å². The first-order valence-corrected chi connectivity index (χ1v) is 4.94. The summed E-state index contributed by atoms with van der Waals surface area (Å²) in [4.78, 5) is 0. The molecule has 0 aromatic heterocycles. The Morgan fingerprint density at radius 1 is 1.43 bits per heavy atom. The lowest BCUT2D eigenvalue weighted by molar-refractivity contribution is 0.345. The van der Waals surface area contributed by atoms with Gasteiger partial charge >= 0.3 is 0 Å². The van der Waals surface area contributed by atoms with Gasteiger partial charge in [-0.15, -0.1) is 0 Å². The minimum Gasteiger partial charge on any atom is -0.508 e. The molecule has 2 rings (SSSR count). The molecule has 1 aromatic rings. The number of nitrogens with one attached hydrogen (secondary N) is 1. The lowest BCUT2D eigenvalue weighted by Gasteiger charge is -2.23. The molecule has 1 saturated carbocycles. The molecular formula is C11H18N2O. The highest BCUT2D eigenvalue weighted by atomic mass is 16.3. The van der Waals surface area contributed by atoms with Crippen molar-refractivity contribution in [2.75, 3.05) is 0 Å². The van der Waals surface area contributed by atoms with E-state index >= 15 is 0 Å². The number of hydrogen-bond donors (Lipinski definition) is 3. The van der Waals surface area contributed by atoms with Crippen LogP contribution in [0.2, 0.25) is 0 Å². The number of phenolic OH excluding ortho intramolecular Hbond substituents is 1. The van der Waals surface area contributed by atoms with Crippen molar-refractivity contribution >= 4 is 0 Å². The highest BCUT2D eigenvalue weighted by molar-refractivity contribution is 5.25. The third-order valence-corrected chi connectivity index (χ3v) is 2.34. The molecule has 0 aliphatic heterocycles. The van der Waals surface area contributed by atoms with E-state index in [1.54, 1.807) is 12.1 Å². The summed E-state index contributed by atoms with van der Waals surface area (Å²) in [5, 5.41) is 8.81. The van der Waals surface area contributed by atoms with E-state index in [1.807, 2.05) is 19.1 Å². The molecule has 14 heavy (non-hydrogen) atoms. The molecule has 1 aliphatic rings. The molecule has 3 nitrogen and oxygen atoms in total. The van der Waals surface area contributed by atoms with E-state index in [1.165, 1.54) is 19.3 Å². The van der Waals surface area contributed by atoms with E-state index in [2.05, 4.69) is 5.43 Å². The van der Waals surface area contributed by atoms with Crippen LogP contribution in [0.5, 0.6) is 5.75 Å². The minimum atomic E-state index is 0.338. The van der Waals surface area contributed by atoms with E-state index in [4.69, 9.17) is 10.9 Å². The zero-order valence-corrected chi connectivity index (χ0v) is 8.53. The molecule has 0 heterocycles. The van der Waals surface area contributed by atoms with Gasteiger partial charge in [0.05, 0.1) is 0 Å². The number of hydrazine groups is 1. The molecule has 0 atom stereocenters. The second-order valence-electron chi connectivity index (χ2n) is 3.63. The van der Waals surface area contributed by atoms with Gasteiger partial charge in [0.1, 0.15) is 5.75 Å². The van der Waals surface area contributed by atoms with Crippen molar-refractivity contribution in [1.82, 2.24) is 5.43 Å². The highest BCUT2D eigenvalue weighted by Gasteiger charge is 2.13. The van der Waals surface area contributed by atoms with Crippen molar-refractivity contribution in [1.29, 1.82) is 0 Å². The van der Waals surface area contributed by atoms with Gasteiger partial charge in [-0.1, -0.05) is 18.6 Å². The van der Waals surface area contributed by atoms with Crippen molar-refractivity contribution in [3.63, 3.8) is 0 Å². The first-order valence-electron chi connectivity index (χ1n) is 4.94. The number of phenols is 1. The van der Waals surface area contributed by atoms with E-state index in [0.717, 1.165) is 5.56 Å². The topological polar surface area (TPSA) is 58.3 Å². The lowest BCUT2D eigenvalue weighted by Crippen LogP contribution is -2.39. The first-order chi connectivity index (χ1) is 6.72. The van der Waals surface area contributed by atoms with Crippen LogP contribution in [0.1, 0.15) is 24.8 Å². The zero-order chi connectivity index (χ0) is 10.4. The van der Waals surface area contributed by atoms with Gasteiger partial charge in [0.25, 0.3) is 0 Å². The number of aromatic hydroxyl groups is 1. The van der Waals surface area contributed by atoms with Crippen LogP contribution in [-0.4, -0.2) is 11.1 Å². The Balaban J connectivity index is 0.000000146. The summed E-state index contributed by atoms with van der Waals surface area (Å²) in [5.41, 5.74) is 3.79. The summed E-state index contributed by atoms with van der Waals surface area (Å²) < 4.78 is 0. The predicted octanol–water partition coefficient (Wildman–Crippen LogP) is 1.70. The number of hydrogen-bond acceptors (Lipinski definition) is 3. The molecule has 1 aromatic carbocycles. The summed E-state index contributed by atoms with van der Waals surface area (Å²) in [6.45, 7) is 1.94. The largest absolute Gasteiger partial charge is 0.508 e. The van der Waals surface area contributed by atoms with Gasteiger partial charge in [-0.05, 0) is 37.5 Å². The van der Waals surface area contributed by atoms with Crippen molar-refractivity contribution in [3.05, 3.63) is 29.8 Å². The maximum atomic E-state index is 8.81. The van der Waals surface area contributed by atoms with Gasteiger partial charge in [0, 0.05) is 6.04 Å². The van der Waals surface area contributed by atoms with Crippen LogP contribution < -0.4 is 11.3 Å². The van der Waals surface area contributed by atoms with Crippen LogP contribution in [0.4, 0.5) is 0 Å². The number of benzene rings is 1. The summed E-state index contributed by atoms with van der Waals surface area (Å²) in [6.07, 6.45) is 3.90. The Bertz CT molecular complexity index is 252. The minimum absolute atomic E-state index is 0.338. The molecule has 0 radical (unpaired) electrons. The van der Waals surface area contributed by atoms with Crippen LogP contribution in [-0.2, 0) is 0 Å². The number of aryl methyl sites for hydroxylation is 1. The van der Waals surface area contributed by atoms with Crippen LogP contribution in [0, 0.1) is 6.92 Å². The zero-order valence-electron chi connectivity index (χ0n) is 8.53. The van der Waals surface area contributed by atoms with Gasteiger partial charge in [0.2, 0.25) is 0 Å². The summed E-state index contributed by atoms with van der Waals surface area (Å²) >= 11 is 0. The fourth-order valence-electron chi connectivity index (χ4n) is 1.20. The molecule has 0 bridgehead atoms. The molecule has 1 aliphatic carbocycles. The molecule has 0 saturated heterocycles. The number of rotatable bonds is 1. The molecular weight excluding hydrogens is 176 g/mol. The maximum Gasteiger partial charge on any atom is 0.115 e. The third kappa shape index (κ3) is 3.77. The van der Waals surface area contributed by atoms with E-state index in [-0.39, 0.29) is 0 Å². The van der Waals surface area contributed by atoms with Crippen LogP contribution in [0.15, 0.2) is 24.3 Å². The molecule has 0 amide bonds. The first kappa shape index (κ1) is 11.0. The molecule has 4 N–H and O–H groups in total. The average molecular weight is 194 g/mol. The Hall–Kier alpha value is -1.06. The SMILES string of the molecule is Cc1cccc(O)c1.NNC1CCC1. The van der Waals surface area contributed by atoms with E-state index in [0.29, 0.717) is 11.8 Å². The van der Waals surface area contributed by atoms with Crippen molar-refractivity contribution < 1.29 is 5.11 Å². The molecule has 0 spiro atoms. The molecule has 1 fully saturated rings. The van der Waals surface area contributed by atoms with Gasteiger partial charge in [-0.25, -0.2) is 0 Å². The summed E-state index contributed by atoms with van der Waals surface area (Å²) in [5.74, 6) is 5.42. The van der Waals surface area contributed by atoms with Gasteiger partial charge in [0.15, 0.2) is 0 Å². The average Bonchev–Trinajstić information content (AvgIpc) is 2.02. The summed E-state index contributed by atoms with van der Waals surface area (Å²) in [7, 11) is 0. The van der Waals surface area contributed by atoms with Gasteiger partial charge in [-0.3, -0.25) is 11.3 Å². The lowest BCUT2D eigenvalue weighted by atomic mass is 9.94. The predicted molar refractivity (Wildman–Crippen MR) is 57.8 cm³/mol. The van der Waals surface area contributed by atoms with Gasteiger partial charge < -0.3 is 5.11 Å². The Morgan fingerprint density at radius 2 is 2.14 bits per heavy atom. The van der Waals surface area contributed by atoms with Crippen molar-refractivity contribution in [2.24, 2.45) is 5.84 Å². The molecule has 0 unspecified atom stereocenters. The standard InChI is InChI=1S/C7H8O.C4H10N2/c1-6-3-2-4-7(8)5-6;5-6-4-2-1-3-4/h2-5,8H,1H3;4,6H,1-3,5H2. The van der Waals surface area contributed by atoms with Crippen molar-refractivity contribution in [2.45, 2.75) is 32.2 Å². The Morgan fingerprint density at radius 3 is 2.36 bits per heavy atom. The second kappa shape index (κ2) is 5.62. The van der Waals surface area contributed by atoms with Crippen LogP contribution in [0.3, 0.4) is 0 Å². The second-order valence-corrected chi connectivity index (χ2v) is 3.63. The fraction of sp³-hybridized carbons (Fsp3) is 0.455. The molecule has 3 heteroatoms. The third-order valence-electron chi connectivity index (χ3n) is 2.34. The van der Waals surface area contributed by atoms with Crippen molar-refractivity contribution in [3.8, 4) is 5.75 Å². The van der Waals surface area contributed by atoms with Crippen LogP contribution in [0.25, 0.3) is 0 Å². The number of nitrogens with two attached hydrogens (primary N) is 1. The van der Waals surface area contributed by atoms with Crippen LogP contribution >= 0.6 is 0 Å². The normalized spacial score (nSPS) is 15.3. The molecule has 78 valence electrons. The highest BCUT2D eigenvalue weighted by Crippen LogP contribution is 2.16. The van der Waals surface area contributed by atoms with E-state index < -0.39 is 0 Å². The monoisotopic (exact) mass is 194 g/mol. The van der Waals surface area contributed by atoms with E-state index in [9.17, 15) is 0 Å². The summed E-state index contributed by atoms with van der Waals surface area (Å²) in [6, 6.07) is 7.79. The Kier molecular flexibility index (Phi) is 4.43.